The Morgan fingerprint density at radius 3 is 2.54 bits per heavy atom. The molecule has 0 aliphatic rings. The van der Waals surface area contributed by atoms with Crippen LogP contribution in [0.4, 0.5) is 5.69 Å². The molecule has 0 bridgehead atoms. The second-order valence-corrected chi connectivity index (χ2v) is 6.63. The first-order valence-electron chi connectivity index (χ1n) is 7.84. The topological polar surface area (TPSA) is 46.1 Å². The lowest BCUT2D eigenvalue weighted by molar-refractivity contribution is 0.0996. The summed E-state index contributed by atoms with van der Waals surface area (Å²) in [6.07, 6.45) is 3.42. The molecule has 0 unspecified atom stereocenters. The van der Waals surface area contributed by atoms with Crippen molar-refractivity contribution in [2.24, 2.45) is 0 Å². The number of rotatable bonds is 5. The molecule has 2 heterocycles. The Balaban J connectivity index is 1.72. The fraction of sp³-hybridized carbons (Fsp3) is 0.211. The van der Waals surface area contributed by atoms with Crippen molar-refractivity contribution in [3.63, 3.8) is 0 Å². The lowest BCUT2D eigenvalue weighted by atomic mass is 10.2. The molecular formula is C19H19N3OS. The van der Waals surface area contributed by atoms with Gasteiger partial charge in [0.1, 0.15) is 4.88 Å². The second kappa shape index (κ2) is 7.36. The number of thiazole rings is 1. The van der Waals surface area contributed by atoms with Crippen molar-refractivity contribution >= 4 is 22.9 Å². The molecule has 0 saturated carbocycles. The zero-order chi connectivity index (χ0) is 16.9. The zero-order valence-corrected chi connectivity index (χ0v) is 14.6. The average molecular weight is 337 g/mol. The van der Waals surface area contributed by atoms with Gasteiger partial charge in [-0.3, -0.25) is 9.78 Å². The van der Waals surface area contributed by atoms with Gasteiger partial charge in [-0.2, -0.15) is 0 Å². The highest BCUT2D eigenvalue weighted by Gasteiger charge is 2.19. The molecule has 5 heteroatoms. The minimum Gasteiger partial charge on any atom is -0.311 e. The number of hydrogen-bond donors (Lipinski definition) is 0. The van der Waals surface area contributed by atoms with Gasteiger partial charge in [0.15, 0.2) is 0 Å². The van der Waals surface area contributed by atoms with Crippen LogP contribution in [0.25, 0.3) is 0 Å². The molecular weight excluding hydrogens is 318 g/mol. The van der Waals surface area contributed by atoms with Crippen molar-refractivity contribution in [3.8, 4) is 0 Å². The summed E-state index contributed by atoms with van der Waals surface area (Å²) in [5.74, 6) is -0.0136. The van der Waals surface area contributed by atoms with Gasteiger partial charge in [0.2, 0.25) is 0 Å². The summed E-state index contributed by atoms with van der Waals surface area (Å²) in [4.78, 5) is 24.0. The van der Waals surface area contributed by atoms with Crippen LogP contribution in [-0.4, -0.2) is 22.9 Å². The highest BCUT2D eigenvalue weighted by Crippen LogP contribution is 2.23. The maximum atomic E-state index is 12.7. The van der Waals surface area contributed by atoms with Gasteiger partial charge in [0, 0.05) is 31.0 Å². The molecule has 24 heavy (non-hydrogen) atoms. The van der Waals surface area contributed by atoms with E-state index in [1.165, 1.54) is 11.3 Å². The molecule has 1 aromatic carbocycles. The molecule has 0 atom stereocenters. The Morgan fingerprint density at radius 2 is 1.83 bits per heavy atom. The van der Waals surface area contributed by atoms with Gasteiger partial charge in [-0.05, 0) is 37.6 Å². The molecule has 0 fully saturated rings. The second-order valence-electron chi connectivity index (χ2n) is 5.54. The molecule has 0 spiro atoms. The van der Waals surface area contributed by atoms with Crippen LogP contribution in [0.5, 0.6) is 0 Å². The first kappa shape index (κ1) is 16.3. The van der Waals surface area contributed by atoms with Crippen LogP contribution in [0.1, 0.15) is 26.1 Å². The highest BCUT2D eigenvalue weighted by molar-refractivity contribution is 7.13. The van der Waals surface area contributed by atoms with Crippen molar-refractivity contribution in [2.45, 2.75) is 19.8 Å². The fourth-order valence-electron chi connectivity index (χ4n) is 2.46. The van der Waals surface area contributed by atoms with E-state index in [0.717, 1.165) is 34.9 Å². The molecule has 0 radical (unpaired) electrons. The van der Waals surface area contributed by atoms with Crippen LogP contribution >= 0.6 is 11.3 Å². The fourth-order valence-corrected chi connectivity index (χ4v) is 3.50. The maximum Gasteiger partial charge on any atom is 0.270 e. The zero-order valence-electron chi connectivity index (χ0n) is 13.8. The number of anilines is 1. The van der Waals surface area contributed by atoms with Gasteiger partial charge < -0.3 is 4.90 Å². The predicted molar refractivity (Wildman–Crippen MR) is 97.7 cm³/mol. The van der Waals surface area contributed by atoms with Crippen LogP contribution in [0.2, 0.25) is 0 Å². The third kappa shape index (κ3) is 3.68. The smallest absolute Gasteiger partial charge is 0.270 e. The highest BCUT2D eigenvalue weighted by atomic mass is 32.1. The molecule has 0 N–H and O–H groups in total. The van der Waals surface area contributed by atoms with E-state index in [-0.39, 0.29) is 5.91 Å². The Morgan fingerprint density at radius 1 is 1.08 bits per heavy atom. The Labute approximate surface area is 145 Å². The maximum absolute atomic E-state index is 12.7. The summed E-state index contributed by atoms with van der Waals surface area (Å²) in [7, 11) is 1.80. The molecule has 0 aliphatic carbocycles. The van der Waals surface area contributed by atoms with E-state index in [2.05, 4.69) is 9.97 Å². The van der Waals surface area contributed by atoms with E-state index in [1.54, 1.807) is 18.1 Å². The third-order valence-corrected chi connectivity index (χ3v) is 5.01. The number of aryl methyl sites for hydroxylation is 3. The Bertz CT molecular complexity index is 815. The van der Waals surface area contributed by atoms with E-state index < -0.39 is 0 Å². The molecule has 122 valence electrons. The van der Waals surface area contributed by atoms with Crippen LogP contribution in [0, 0.1) is 6.92 Å². The monoisotopic (exact) mass is 337 g/mol. The van der Waals surface area contributed by atoms with Crippen LogP contribution < -0.4 is 4.90 Å². The Hall–Kier alpha value is -2.53. The molecule has 1 amide bonds. The largest absolute Gasteiger partial charge is 0.311 e. The number of carbonyl (C=O) groups is 1. The third-order valence-electron chi connectivity index (χ3n) is 3.80. The van der Waals surface area contributed by atoms with E-state index in [1.807, 2.05) is 55.5 Å². The van der Waals surface area contributed by atoms with Gasteiger partial charge >= 0.3 is 0 Å². The molecule has 3 rings (SSSR count). The van der Waals surface area contributed by atoms with Crippen molar-refractivity contribution < 1.29 is 4.79 Å². The quantitative estimate of drug-likeness (QED) is 0.709. The summed E-state index contributed by atoms with van der Waals surface area (Å²) < 4.78 is 0. The van der Waals surface area contributed by atoms with Crippen molar-refractivity contribution in [2.75, 3.05) is 11.9 Å². The number of carbonyl (C=O) groups excluding carboxylic acids is 1. The lowest BCUT2D eigenvalue weighted by Crippen LogP contribution is -2.25. The number of benzene rings is 1. The van der Waals surface area contributed by atoms with E-state index in [0.29, 0.717) is 4.88 Å². The normalized spacial score (nSPS) is 10.6. The van der Waals surface area contributed by atoms with Gasteiger partial charge in [-0.25, -0.2) is 4.98 Å². The number of para-hydroxylation sites is 1. The van der Waals surface area contributed by atoms with Gasteiger partial charge in [-0.15, -0.1) is 11.3 Å². The number of hydrogen-bond acceptors (Lipinski definition) is 4. The van der Waals surface area contributed by atoms with Gasteiger partial charge in [0.25, 0.3) is 5.91 Å². The van der Waals surface area contributed by atoms with E-state index in [4.69, 9.17) is 0 Å². The molecule has 2 aromatic heterocycles. The van der Waals surface area contributed by atoms with Gasteiger partial charge in [0.05, 0.1) is 10.7 Å². The Kier molecular flexibility index (Phi) is 5.01. The van der Waals surface area contributed by atoms with Gasteiger partial charge in [-0.1, -0.05) is 24.3 Å². The first-order chi connectivity index (χ1) is 11.6. The summed E-state index contributed by atoms with van der Waals surface area (Å²) in [6.45, 7) is 1.90. The lowest BCUT2D eigenvalue weighted by Gasteiger charge is -2.16. The first-order valence-corrected chi connectivity index (χ1v) is 8.66. The summed E-state index contributed by atoms with van der Waals surface area (Å²) in [5, 5.41) is 0.975. The summed E-state index contributed by atoms with van der Waals surface area (Å²) in [5.41, 5.74) is 2.72. The molecule has 4 nitrogen and oxygen atoms in total. The standard InChI is InChI=1S/C19H19N3OS/c1-14-18(19(23)22(2)16-9-4-3-5-10-16)24-17(21-14)12-11-15-8-6-7-13-20-15/h3-10,13H,11-12H2,1-2H3. The molecule has 0 aliphatic heterocycles. The summed E-state index contributed by atoms with van der Waals surface area (Å²) >= 11 is 1.48. The SMILES string of the molecule is Cc1nc(CCc2ccccn2)sc1C(=O)N(C)c1ccccc1. The van der Waals surface area contributed by atoms with Crippen molar-refractivity contribution in [1.29, 1.82) is 0 Å². The van der Waals surface area contributed by atoms with Crippen LogP contribution in [0.3, 0.4) is 0 Å². The van der Waals surface area contributed by atoms with E-state index in [9.17, 15) is 4.79 Å². The number of nitrogens with zero attached hydrogens (tertiary/aromatic N) is 3. The summed E-state index contributed by atoms with van der Waals surface area (Å²) in [6, 6.07) is 15.6. The molecule has 3 aromatic rings. The average Bonchev–Trinajstić information content (AvgIpc) is 3.01. The molecule has 0 saturated heterocycles. The van der Waals surface area contributed by atoms with E-state index >= 15 is 0 Å². The minimum atomic E-state index is -0.0136. The van der Waals surface area contributed by atoms with Crippen molar-refractivity contribution in [3.05, 3.63) is 76.0 Å². The van der Waals surface area contributed by atoms with Crippen LogP contribution in [0.15, 0.2) is 54.7 Å². The minimum absolute atomic E-state index is 0.0136. The van der Waals surface area contributed by atoms with Crippen LogP contribution in [-0.2, 0) is 12.8 Å². The van der Waals surface area contributed by atoms with Crippen molar-refractivity contribution in [1.82, 2.24) is 9.97 Å². The number of aromatic nitrogens is 2. The number of amides is 1. The predicted octanol–water partition coefficient (Wildman–Crippen LogP) is 3.91. The number of pyridine rings is 1.